The molecule has 1 fully saturated rings. The molecule has 1 N–H and O–H groups in total. The molecule has 25 heavy (non-hydrogen) atoms. The molecule has 140 valence electrons. The molecule has 2 rings (SSSR count). The fraction of sp³-hybridized carbons (Fsp3) is 0.588. The second-order valence-electron chi connectivity index (χ2n) is 6.09. The summed E-state index contributed by atoms with van der Waals surface area (Å²) < 4.78 is 33.5. The molecule has 0 aromatic heterocycles. The van der Waals surface area contributed by atoms with Crippen molar-refractivity contribution in [3.8, 4) is 5.75 Å². The molecule has 0 unspecified atom stereocenters. The Labute approximate surface area is 149 Å². The van der Waals surface area contributed by atoms with Crippen LogP contribution in [0.5, 0.6) is 5.75 Å². The molecule has 0 spiro atoms. The van der Waals surface area contributed by atoms with E-state index in [-0.39, 0.29) is 17.4 Å². The number of sulfone groups is 1. The first-order chi connectivity index (χ1) is 11.9. The van der Waals surface area contributed by atoms with Crippen LogP contribution in [0.1, 0.15) is 12.5 Å². The highest BCUT2D eigenvalue weighted by Gasteiger charge is 2.21. The number of carbonyl (C=O) groups is 1. The molecule has 1 amide bonds. The van der Waals surface area contributed by atoms with Crippen LogP contribution in [0.4, 0.5) is 0 Å². The second kappa shape index (κ2) is 9.17. The van der Waals surface area contributed by atoms with Gasteiger partial charge in [0.1, 0.15) is 11.9 Å². The second-order valence-corrected chi connectivity index (χ2v) is 8.39. The van der Waals surface area contributed by atoms with Gasteiger partial charge in [0.15, 0.2) is 9.84 Å². The van der Waals surface area contributed by atoms with Gasteiger partial charge in [-0.25, -0.2) is 8.42 Å². The van der Waals surface area contributed by atoms with Crippen molar-refractivity contribution in [1.82, 2.24) is 10.2 Å². The molecule has 0 aliphatic carbocycles. The quantitative estimate of drug-likeness (QED) is 0.715. The van der Waals surface area contributed by atoms with Gasteiger partial charge in [-0.3, -0.25) is 9.69 Å². The molecule has 0 radical (unpaired) electrons. The van der Waals surface area contributed by atoms with E-state index in [0.717, 1.165) is 11.3 Å². The molecule has 0 saturated carbocycles. The van der Waals surface area contributed by atoms with Crippen molar-refractivity contribution in [3.63, 3.8) is 0 Å². The highest BCUT2D eigenvalue weighted by Crippen LogP contribution is 2.13. The number of rotatable bonds is 8. The zero-order valence-corrected chi connectivity index (χ0v) is 15.5. The summed E-state index contributed by atoms with van der Waals surface area (Å²) in [5.74, 6) is 0.969. The molecule has 1 aliphatic heterocycles. The third kappa shape index (κ3) is 6.64. The number of hydrogen-bond acceptors (Lipinski definition) is 6. The topological polar surface area (TPSA) is 84.9 Å². The van der Waals surface area contributed by atoms with Crippen molar-refractivity contribution in [2.24, 2.45) is 0 Å². The summed E-state index contributed by atoms with van der Waals surface area (Å²) in [5.41, 5.74) is 0.938. The van der Waals surface area contributed by atoms with Gasteiger partial charge < -0.3 is 14.8 Å². The Morgan fingerprint density at radius 1 is 1.32 bits per heavy atom. The lowest BCUT2D eigenvalue weighted by molar-refractivity contribution is -0.132. The van der Waals surface area contributed by atoms with Gasteiger partial charge in [-0.05, 0) is 24.6 Å². The summed E-state index contributed by atoms with van der Waals surface area (Å²) in [6.45, 7) is 4.22. The molecule has 1 atom stereocenters. The first-order valence-corrected chi connectivity index (χ1v) is 10.2. The van der Waals surface area contributed by atoms with Crippen molar-refractivity contribution >= 4 is 15.7 Å². The Morgan fingerprint density at radius 3 is 2.72 bits per heavy atom. The van der Waals surface area contributed by atoms with Crippen LogP contribution < -0.4 is 10.1 Å². The number of carbonyl (C=O) groups excluding carboxylic acids is 1. The number of hydrogen-bond donors (Lipinski definition) is 1. The first-order valence-electron chi connectivity index (χ1n) is 8.34. The third-order valence-electron chi connectivity index (χ3n) is 4.17. The van der Waals surface area contributed by atoms with Crippen molar-refractivity contribution in [3.05, 3.63) is 29.8 Å². The smallest absolute Gasteiger partial charge is 0.248 e. The maximum atomic E-state index is 12.1. The Bertz CT molecular complexity index is 663. The minimum Gasteiger partial charge on any atom is -0.497 e. The predicted molar refractivity (Wildman–Crippen MR) is 95.3 cm³/mol. The summed E-state index contributed by atoms with van der Waals surface area (Å²) in [7, 11) is -1.26. The van der Waals surface area contributed by atoms with Crippen molar-refractivity contribution in [2.45, 2.75) is 19.6 Å². The van der Waals surface area contributed by atoms with E-state index in [4.69, 9.17) is 9.47 Å². The van der Waals surface area contributed by atoms with Crippen LogP contribution in [0, 0.1) is 0 Å². The molecule has 1 aromatic carbocycles. The number of ether oxygens (including phenoxy) is 2. The summed E-state index contributed by atoms with van der Waals surface area (Å²) in [5, 5.41) is 2.83. The normalized spacial score (nSPS) is 18.5. The van der Waals surface area contributed by atoms with Crippen LogP contribution in [-0.4, -0.2) is 70.1 Å². The Kier molecular flexibility index (Phi) is 7.22. The minimum absolute atomic E-state index is 0.174. The maximum Gasteiger partial charge on any atom is 0.248 e. The van der Waals surface area contributed by atoms with Gasteiger partial charge in [0.25, 0.3) is 0 Å². The van der Waals surface area contributed by atoms with E-state index >= 15 is 0 Å². The number of benzene rings is 1. The van der Waals surface area contributed by atoms with Crippen LogP contribution in [0.2, 0.25) is 0 Å². The lowest BCUT2D eigenvalue weighted by atomic mass is 10.2. The van der Waals surface area contributed by atoms with Gasteiger partial charge in [0.2, 0.25) is 5.91 Å². The number of amides is 1. The van der Waals surface area contributed by atoms with Gasteiger partial charge >= 0.3 is 0 Å². The Balaban J connectivity index is 1.66. The van der Waals surface area contributed by atoms with E-state index in [1.165, 1.54) is 0 Å². The molecule has 1 saturated heterocycles. The summed E-state index contributed by atoms with van der Waals surface area (Å²) in [4.78, 5) is 14.1. The Morgan fingerprint density at radius 2 is 2.04 bits per heavy atom. The fourth-order valence-corrected chi connectivity index (χ4v) is 3.79. The molecule has 7 nitrogen and oxygen atoms in total. The molecule has 1 heterocycles. The van der Waals surface area contributed by atoms with Gasteiger partial charge in [-0.15, -0.1) is 0 Å². The monoisotopic (exact) mass is 370 g/mol. The lowest BCUT2D eigenvalue weighted by Gasteiger charge is -2.26. The third-order valence-corrected chi connectivity index (χ3v) is 5.78. The highest BCUT2D eigenvalue weighted by atomic mass is 32.2. The zero-order chi connectivity index (χ0) is 18.3. The molecule has 8 heteroatoms. The van der Waals surface area contributed by atoms with Crippen LogP contribution in [0.25, 0.3) is 0 Å². The van der Waals surface area contributed by atoms with Gasteiger partial charge in [-0.2, -0.15) is 0 Å². The van der Waals surface area contributed by atoms with Gasteiger partial charge in [0, 0.05) is 26.2 Å². The molecule has 0 bridgehead atoms. The van der Waals surface area contributed by atoms with E-state index < -0.39 is 15.9 Å². The van der Waals surface area contributed by atoms with Crippen molar-refractivity contribution < 1.29 is 22.7 Å². The lowest BCUT2D eigenvalue weighted by Crippen LogP contribution is -2.45. The number of nitrogens with one attached hydrogen (secondary N) is 1. The van der Waals surface area contributed by atoms with Crippen LogP contribution in [0.15, 0.2) is 24.3 Å². The minimum atomic E-state index is -2.87. The van der Waals surface area contributed by atoms with Crippen LogP contribution >= 0.6 is 0 Å². The SMILES string of the molecule is COc1cccc(CO[C@H](C)C(=O)NCCN2CCS(=O)(=O)CC2)c1. The van der Waals surface area contributed by atoms with E-state index in [2.05, 4.69) is 5.32 Å². The summed E-state index contributed by atoms with van der Waals surface area (Å²) in [6.07, 6.45) is -0.562. The molecular formula is C17H26N2O5S. The van der Waals surface area contributed by atoms with E-state index in [1.807, 2.05) is 29.2 Å². The summed E-state index contributed by atoms with van der Waals surface area (Å²) >= 11 is 0. The molecular weight excluding hydrogens is 344 g/mol. The van der Waals surface area contributed by atoms with Gasteiger partial charge in [0.05, 0.1) is 25.2 Å². The average molecular weight is 370 g/mol. The maximum absolute atomic E-state index is 12.1. The van der Waals surface area contributed by atoms with E-state index in [1.54, 1.807) is 14.0 Å². The largest absolute Gasteiger partial charge is 0.497 e. The van der Waals surface area contributed by atoms with Crippen LogP contribution in [-0.2, 0) is 26.0 Å². The fourth-order valence-electron chi connectivity index (χ4n) is 2.51. The number of methoxy groups -OCH3 is 1. The highest BCUT2D eigenvalue weighted by molar-refractivity contribution is 7.91. The van der Waals surface area contributed by atoms with Crippen molar-refractivity contribution in [2.75, 3.05) is 44.8 Å². The Hall–Kier alpha value is -1.64. The average Bonchev–Trinajstić information content (AvgIpc) is 2.61. The molecule has 1 aliphatic rings. The van der Waals surface area contributed by atoms with Gasteiger partial charge in [-0.1, -0.05) is 12.1 Å². The van der Waals surface area contributed by atoms with Crippen molar-refractivity contribution in [1.29, 1.82) is 0 Å². The van der Waals surface area contributed by atoms with E-state index in [9.17, 15) is 13.2 Å². The summed E-state index contributed by atoms with van der Waals surface area (Å²) in [6, 6.07) is 7.51. The standard InChI is InChI=1S/C17H26N2O5S/c1-14(24-13-15-4-3-5-16(12-15)23-2)17(20)18-6-7-19-8-10-25(21,22)11-9-19/h3-5,12,14H,6-11,13H2,1-2H3,(H,18,20)/t14-/m1/s1. The van der Waals surface area contributed by atoms with Crippen LogP contribution in [0.3, 0.4) is 0 Å². The molecule has 1 aromatic rings. The first kappa shape index (κ1) is 19.7. The van der Waals surface area contributed by atoms with E-state index in [0.29, 0.717) is 32.8 Å². The number of nitrogens with zero attached hydrogens (tertiary/aromatic N) is 1. The predicted octanol–water partition coefficient (Wildman–Crippen LogP) is 0.447. The zero-order valence-electron chi connectivity index (χ0n) is 14.7.